The van der Waals surface area contributed by atoms with Crippen LogP contribution in [0.5, 0.6) is 5.75 Å². The Morgan fingerprint density at radius 1 is 1.02 bits per heavy atom. The van der Waals surface area contributed by atoms with E-state index in [0.717, 1.165) is 43.0 Å². The van der Waals surface area contributed by atoms with Gasteiger partial charge in [0.15, 0.2) is 0 Å². The fraction of sp³-hybridized carbons (Fsp3) is 0.513. The van der Waals surface area contributed by atoms with Gasteiger partial charge in [0, 0.05) is 50.2 Å². The van der Waals surface area contributed by atoms with Crippen molar-refractivity contribution in [1.82, 2.24) is 14.7 Å². The lowest BCUT2D eigenvalue weighted by Crippen LogP contribution is -2.48. The number of likely N-dealkylation sites (N-methyl/N-ethyl adjacent to an activating group) is 1. The number of ether oxygens (including phenoxy) is 2. The summed E-state index contributed by atoms with van der Waals surface area (Å²) in [5.74, 6) is -0.0204. The number of benzene rings is 3. The van der Waals surface area contributed by atoms with Crippen molar-refractivity contribution in [3.8, 4) is 5.75 Å². The van der Waals surface area contributed by atoms with E-state index in [1.165, 1.54) is 0 Å². The molecule has 1 heterocycles. The fourth-order valence-electron chi connectivity index (χ4n) is 6.19. The molecule has 3 aromatic carbocycles. The van der Waals surface area contributed by atoms with Crippen LogP contribution >= 0.6 is 0 Å². The smallest absolute Gasteiger partial charge is 0.323 e. The molecule has 0 aliphatic carbocycles. The number of carbonyl (C=O) groups is 3. The molecule has 0 aromatic heterocycles. The van der Waals surface area contributed by atoms with E-state index in [0.29, 0.717) is 36.7 Å². The van der Waals surface area contributed by atoms with Crippen LogP contribution in [0.4, 0.5) is 16.2 Å². The van der Waals surface area contributed by atoms with E-state index in [1.807, 2.05) is 70.4 Å². The molecule has 4 amide bonds. The molecule has 1 aliphatic rings. The number of aliphatic hydroxyl groups excluding tert-OH is 1. The maximum Gasteiger partial charge on any atom is 0.323 e. The number of amides is 4. The predicted octanol–water partition coefficient (Wildman–Crippen LogP) is 6.08. The number of rotatable bonds is 10. The Hall–Kier alpha value is -4.19. The van der Waals surface area contributed by atoms with Crippen molar-refractivity contribution in [1.29, 1.82) is 0 Å². The summed E-state index contributed by atoms with van der Waals surface area (Å²) in [5, 5.41) is 18.0. The van der Waals surface area contributed by atoms with E-state index in [1.54, 1.807) is 42.0 Å². The molecule has 50 heavy (non-hydrogen) atoms. The molecule has 0 radical (unpaired) electrons. The molecule has 0 saturated carbocycles. The minimum Gasteiger partial charge on any atom is -0.490 e. The third-order valence-corrected chi connectivity index (χ3v) is 9.22. The van der Waals surface area contributed by atoms with Gasteiger partial charge < -0.3 is 39.9 Å². The average molecular weight is 690 g/mol. The van der Waals surface area contributed by atoms with E-state index in [9.17, 15) is 19.5 Å². The van der Waals surface area contributed by atoms with Gasteiger partial charge in [-0.05, 0) is 89.8 Å². The van der Waals surface area contributed by atoms with Gasteiger partial charge in [0.1, 0.15) is 5.75 Å². The first-order valence-electron chi connectivity index (χ1n) is 17.7. The van der Waals surface area contributed by atoms with Crippen LogP contribution in [0.1, 0.15) is 63.2 Å². The third-order valence-electron chi connectivity index (χ3n) is 9.22. The highest BCUT2D eigenvalue weighted by molar-refractivity contribution is 6.07. The summed E-state index contributed by atoms with van der Waals surface area (Å²) in [6, 6.07) is 17.6. The summed E-state index contributed by atoms with van der Waals surface area (Å²) in [7, 11) is 5.79. The van der Waals surface area contributed by atoms with Crippen LogP contribution in [0, 0.1) is 5.92 Å². The molecule has 11 heteroatoms. The number of nitrogens with one attached hydrogen (secondary N) is 2. The van der Waals surface area contributed by atoms with E-state index in [2.05, 4.69) is 15.5 Å². The van der Waals surface area contributed by atoms with E-state index >= 15 is 0 Å². The summed E-state index contributed by atoms with van der Waals surface area (Å²) < 4.78 is 12.7. The zero-order chi connectivity index (χ0) is 36.2. The number of urea groups is 1. The number of fused-ring (bicyclic) bond motifs is 2. The molecule has 4 atom stereocenters. The molecule has 3 aromatic rings. The maximum absolute atomic E-state index is 14.4. The minimum absolute atomic E-state index is 0.0585. The lowest BCUT2D eigenvalue weighted by Gasteiger charge is -2.36. The van der Waals surface area contributed by atoms with Crippen LogP contribution in [0.2, 0.25) is 0 Å². The summed E-state index contributed by atoms with van der Waals surface area (Å²) in [6.45, 7) is 7.58. The quantitative estimate of drug-likeness (QED) is 0.236. The Bertz CT molecular complexity index is 1580. The molecule has 0 fully saturated rings. The number of nitrogens with zero attached hydrogens (tertiary/aromatic N) is 3. The van der Waals surface area contributed by atoms with E-state index in [-0.39, 0.29) is 48.7 Å². The summed E-state index contributed by atoms with van der Waals surface area (Å²) >= 11 is 0. The topological polar surface area (TPSA) is 124 Å². The standard InChI is InChI=1S/C39H55N5O6/c1-27-24-44(28(2)26-45)38(47)33-23-31(40-39(48)41-34-17-11-15-30-14-7-8-16-32(30)34)19-20-35(33)50-29(3)13-9-10-22-49-36(27)25-43(6)37(46)18-12-21-42(4)5/h7-8,11,14-17,19-20,23,27-29,36,45H,9-10,12-13,18,21-22,24-26H2,1-6H3,(H2,40,41,48)/t27-,28+,29+,36-/m1/s1. The van der Waals surface area contributed by atoms with Crippen LogP contribution in [-0.4, -0.2) is 110 Å². The lowest BCUT2D eigenvalue weighted by molar-refractivity contribution is -0.132. The highest BCUT2D eigenvalue weighted by Gasteiger charge is 2.31. The van der Waals surface area contributed by atoms with E-state index < -0.39 is 12.1 Å². The number of hydrogen-bond donors (Lipinski definition) is 3. The zero-order valence-corrected chi connectivity index (χ0v) is 30.5. The van der Waals surface area contributed by atoms with Gasteiger partial charge in [-0.25, -0.2) is 4.79 Å². The Morgan fingerprint density at radius 3 is 2.54 bits per heavy atom. The highest BCUT2D eigenvalue weighted by atomic mass is 16.5. The van der Waals surface area contributed by atoms with Crippen molar-refractivity contribution in [3.63, 3.8) is 0 Å². The van der Waals surface area contributed by atoms with Crippen LogP contribution in [-0.2, 0) is 9.53 Å². The van der Waals surface area contributed by atoms with Crippen LogP contribution in [0.3, 0.4) is 0 Å². The number of anilines is 2. The second-order valence-corrected chi connectivity index (χ2v) is 13.8. The van der Waals surface area contributed by atoms with Gasteiger partial charge in [-0.15, -0.1) is 0 Å². The highest BCUT2D eigenvalue weighted by Crippen LogP contribution is 2.29. The Labute approximate surface area is 296 Å². The van der Waals surface area contributed by atoms with Crippen molar-refractivity contribution in [2.24, 2.45) is 5.92 Å². The van der Waals surface area contributed by atoms with Crippen LogP contribution in [0.15, 0.2) is 60.7 Å². The zero-order valence-electron chi connectivity index (χ0n) is 30.5. The molecule has 0 saturated heterocycles. The Balaban J connectivity index is 1.58. The molecule has 0 bridgehead atoms. The van der Waals surface area contributed by atoms with Gasteiger partial charge in [-0.2, -0.15) is 0 Å². The minimum atomic E-state index is -0.513. The molecule has 272 valence electrons. The van der Waals surface area contributed by atoms with Crippen molar-refractivity contribution in [2.45, 2.75) is 71.1 Å². The third kappa shape index (κ3) is 10.9. The Morgan fingerprint density at radius 2 is 1.78 bits per heavy atom. The molecular weight excluding hydrogens is 634 g/mol. The van der Waals surface area contributed by atoms with Gasteiger partial charge in [0.25, 0.3) is 5.91 Å². The molecule has 3 N–H and O–H groups in total. The van der Waals surface area contributed by atoms with Crippen LogP contribution in [0.25, 0.3) is 10.8 Å². The van der Waals surface area contributed by atoms with Gasteiger partial charge in [-0.3, -0.25) is 9.59 Å². The molecule has 11 nitrogen and oxygen atoms in total. The lowest BCUT2D eigenvalue weighted by atomic mass is 10.0. The van der Waals surface area contributed by atoms with Crippen molar-refractivity contribution in [2.75, 3.05) is 64.6 Å². The molecule has 0 spiro atoms. The molecular formula is C39H55N5O6. The first-order chi connectivity index (χ1) is 24.0. The predicted molar refractivity (Wildman–Crippen MR) is 199 cm³/mol. The Kier molecular flexibility index (Phi) is 14.4. The number of hydrogen-bond acceptors (Lipinski definition) is 7. The van der Waals surface area contributed by atoms with Gasteiger partial charge in [0.05, 0.1) is 36.1 Å². The SMILES string of the molecule is C[C@@H]1CN([C@@H](C)CO)C(=O)c2cc(NC(=O)Nc3cccc4ccccc34)ccc2O[C@@H](C)CCCCO[C@@H]1CN(C)C(=O)CCCN(C)C. The fourth-order valence-corrected chi connectivity index (χ4v) is 6.19. The molecule has 0 unspecified atom stereocenters. The van der Waals surface area contributed by atoms with Crippen LogP contribution < -0.4 is 15.4 Å². The number of aliphatic hydroxyl groups is 1. The summed E-state index contributed by atoms with van der Waals surface area (Å²) in [5.41, 5.74) is 1.38. The normalized spacial score (nSPS) is 19.6. The first kappa shape index (κ1) is 38.6. The van der Waals surface area contributed by atoms with Gasteiger partial charge >= 0.3 is 6.03 Å². The summed E-state index contributed by atoms with van der Waals surface area (Å²) in [4.78, 5) is 46.1. The second-order valence-electron chi connectivity index (χ2n) is 13.8. The second kappa shape index (κ2) is 18.7. The largest absolute Gasteiger partial charge is 0.490 e. The van der Waals surface area contributed by atoms with E-state index in [4.69, 9.17) is 9.47 Å². The number of carbonyl (C=O) groups excluding carboxylic acids is 3. The first-order valence-corrected chi connectivity index (χ1v) is 17.7. The molecule has 1 aliphatic heterocycles. The maximum atomic E-state index is 14.4. The average Bonchev–Trinajstić information content (AvgIpc) is 3.09. The van der Waals surface area contributed by atoms with Crippen molar-refractivity contribution in [3.05, 3.63) is 66.2 Å². The molecule has 4 rings (SSSR count). The van der Waals surface area contributed by atoms with Crippen molar-refractivity contribution < 1.29 is 29.0 Å². The summed E-state index contributed by atoms with van der Waals surface area (Å²) in [6.07, 6.45) is 3.18. The monoisotopic (exact) mass is 689 g/mol. The van der Waals surface area contributed by atoms with Gasteiger partial charge in [-0.1, -0.05) is 43.3 Å². The van der Waals surface area contributed by atoms with Crippen molar-refractivity contribution >= 4 is 40.0 Å². The van der Waals surface area contributed by atoms with Gasteiger partial charge in [0.2, 0.25) is 5.91 Å².